The summed E-state index contributed by atoms with van der Waals surface area (Å²) in [4.78, 5) is 11.5. The molecule has 0 bridgehead atoms. The van der Waals surface area contributed by atoms with E-state index in [0.29, 0.717) is 29.7 Å². The molecule has 1 saturated carbocycles. The molecule has 1 fully saturated rings. The van der Waals surface area contributed by atoms with Gasteiger partial charge in [-0.05, 0) is 31.0 Å². The number of carbonyl (C=O) groups excluding carboxylic acids is 1. The van der Waals surface area contributed by atoms with Crippen LogP contribution in [0.2, 0.25) is 5.02 Å². The minimum Gasteiger partial charge on any atom is -0.325 e. The largest absolute Gasteiger partial charge is 0.325 e. The molecule has 3 nitrogen and oxygen atoms in total. The van der Waals surface area contributed by atoms with Crippen LogP contribution in [0.3, 0.4) is 0 Å². The van der Waals surface area contributed by atoms with Gasteiger partial charge in [0, 0.05) is 19.0 Å². The second-order valence-corrected chi connectivity index (χ2v) is 4.56. The van der Waals surface area contributed by atoms with Crippen molar-refractivity contribution >= 4 is 23.2 Å². The molecule has 1 aliphatic carbocycles. The van der Waals surface area contributed by atoms with E-state index in [-0.39, 0.29) is 5.91 Å². The number of benzene rings is 1. The number of halogens is 2. The van der Waals surface area contributed by atoms with Crippen molar-refractivity contribution in [3.63, 3.8) is 0 Å². The van der Waals surface area contributed by atoms with Crippen molar-refractivity contribution in [3.05, 3.63) is 29.0 Å². The number of hydrogen-bond donors (Lipinski definition) is 2. The Kier molecular flexibility index (Phi) is 3.97. The Hall–Kier alpha value is -1.13. The summed E-state index contributed by atoms with van der Waals surface area (Å²) in [5.41, 5.74) is 0.322. The molecule has 1 aromatic carbocycles. The first-order chi connectivity index (χ1) is 8.15. The van der Waals surface area contributed by atoms with Crippen molar-refractivity contribution in [3.8, 4) is 0 Å². The molecule has 0 radical (unpaired) electrons. The Morgan fingerprint density at radius 2 is 2.24 bits per heavy atom. The van der Waals surface area contributed by atoms with Gasteiger partial charge >= 0.3 is 0 Å². The second kappa shape index (κ2) is 5.47. The van der Waals surface area contributed by atoms with Crippen LogP contribution in [0.15, 0.2) is 18.2 Å². The average Bonchev–Trinajstić information content (AvgIpc) is 3.07. The van der Waals surface area contributed by atoms with Gasteiger partial charge in [0.05, 0.1) is 10.7 Å². The number of amides is 1. The summed E-state index contributed by atoms with van der Waals surface area (Å²) in [7, 11) is 0. The smallest absolute Gasteiger partial charge is 0.225 e. The van der Waals surface area contributed by atoms with Gasteiger partial charge in [0.1, 0.15) is 5.82 Å². The van der Waals surface area contributed by atoms with Crippen LogP contribution in [0.1, 0.15) is 19.3 Å². The fourth-order valence-corrected chi connectivity index (χ4v) is 1.65. The lowest BCUT2D eigenvalue weighted by Gasteiger charge is -2.07. The van der Waals surface area contributed by atoms with Gasteiger partial charge in [-0.2, -0.15) is 0 Å². The van der Waals surface area contributed by atoms with E-state index in [1.54, 1.807) is 0 Å². The molecule has 17 heavy (non-hydrogen) atoms. The van der Waals surface area contributed by atoms with Gasteiger partial charge in [-0.25, -0.2) is 4.39 Å². The Balaban J connectivity index is 1.81. The third-order valence-corrected chi connectivity index (χ3v) is 2.89. The molecule has 0 heterocycles. The Bertz CT molecular complexity index is 421. The lowest BCUT2D eigenvalue weighted by atomic mass is 10.3. The maximum Gasteiger partial charge on any atom is 0.225 e. The molecule has 5 heteroatoms. The Morgan fingerprint density at radius 1 is 1.47 bits per heavy atom. The van der Waals surface area contributed by atoms with Gasteiger partial charge in [-0.1, -0.05) is 11.6 Å². The van der Waals surface area contributed by atoms with Crippen LogP contribution in [0, 0.1) is 5.82 Å². The van der Waals surface area contributed by atoms with Gasteiger partial charge in [0.15, 0.2) is 0 Å². The molecule has 0 aliphatic heterocycles. The molecule has 0 saturated heterocycles. The summed E-state index contributed by atoms with van der Waals surface area (Å²) in [5, 5.41) is 6.17. The molecular weight excluding hydrogens is 243 g/mol. The number of carbonyl (C=O) groups is 1. The van der Waals surface area contributed by atoms with Crippen molar-refractivity contribution in [1.82, 2.24) is 5.32 Å². The Labute approximate surface area is 104 Å². The molecule has 92 valence electrons. The van der Waals surface area contributed by atoms with Crippen molar-refractivity contribution < 1.29 is 9.18 Å². The monoisotopic (exact) mass is 256 g/mol. The zero-order valence-electron chi connectivity index (χ0n) is 9.30. The summed E-state index contributed by atoms with van der Waals surface area (Å²) < 4.78 is 12.9. The highest BCUT2D eigenvalue weighted by Crippen LogP contribution is 2.22. The molecule has 0 spiro atoms. The third kappa shape index (κ3) is 3.98. The summed E-state index contributed by atoms with van der Waals surface area (Å²) in [5.74, 6) is -0.577. The maximum atomic E-state index is 12.9. The van der Waals surface area contributed by atoms with E-state index in [1.165, 1.54) is 31.0 Å². The van der Waals surface area contributed by atoms with Crippen molar-refractivity contribution in [2.75, 3.05) is 11.9 Å². The molecule has 1 amide bonds. The van der Waals surface area contributed by atoms with Gasteiger partial charge in [0.25, 0.3) is 0 Å². The maximum absolute atomic E-state index is 12.9. The number of hydrogen-bond acceptors (Lipinski definition) is 2. The van der Waals surface area contributed by atoms with Crippen LogP contribution in [0.5, 0.6) is 0 Å². The zero-order valence-corrected chi connectivity index (χ0v) is 10.1. The minimum atomic E-state index is -0.416. The highest BCUT2D eigenvalue weighted by molar-refractivity contribution is 6.33. The van der Waals surface area contributed by atoms with E-state index < -0.39 is 5.82 Å². The summed E-state index contributed by atoms with van der Waals surface area (Å²) >= 11 is 5.84. The van der Waals surface area contributed by atoms with Gasteiger partial charge in [0.2, 0.25) is 5.91 Å². The topological polar surface area (TPSA) is 41.1 Å². The van der Waals surface area contributed by atoms with Crippen LogP contribution in [0.4, 0.5) is 10.1 Å². The fourth-order valence-electron chi connectivity index (χ4n) is 1.48. The molecular formula is C12H14ClFN2O. The fraction of sp³-hybridized carbons (Fsp3) is 0.417. The van der Waals surface area contributed by atoms with Gasteiger partial charge in [-0.15, -0.1) is 0 Å². The molecule has 1 aliphatic rings. The predicted octanol–water partition coefficient (Wildman–Crippen LogP) is 2.56. The first-order valence-corrected chi connectivity index (χ1v) is 6.01. The minimum absolute atomic E-state index is 0.161. The van der Waals surface area contributed by atoms with Crippen molar-refractivity contribution in [2.45, 2.75) is 25.3 Å². The van der Waals surface area contributed by atoms with E-state index in [9.17, 15) is 9.18 Å². The van der Waals surface area contributed by atoms with E-state index in [2.05, 4.69) is 10.6 Å². The average molecular weight is 257 g/mol. The first kappa shape index (κ1) is 12.3. The van der Waals surface area contributed by atoms with Crippen molar-refractivity contribution in [1.29, 1.82) is 0 Å². The molecule has 1 aromatic rings. The molecule has 0 unspecified atom stereocenters. The van der Waals surface area contributed by atoms with E-state index in [4.69, 9.17) is 11.6 Å². The summed E-state index contributed by atoms with van der Waals surface area (Å²) in [6, 6.07) is 4.48. The lowest BCUT2D eigenvalue weighted by Crippen LogP contribution is -2.23. The predicted molar refractivity (Wildman–Crippen MR) is 65.7 cm³/mol. The molecule has 2 N–H and O–H groups in total. The Morgan fingerprint density at radius 3 is 2.94 bits per heavy atom. The van der Waals surface area contributed by atoms with Crippen LogP contribution in [-0.4, -0.2) is 18.5 Å². The standard InChI is InChI=1S/C12H14ClFN2O/c13-10-4-1-8(14)7-11(10)16-12(17)5-6-15-9-2-3-9/h1,4,7,9,15H,2-3,5-6H2,(H,16,17). The van der Waals surface area contributed by atoms with E-state index >= 15 is 0 Å². The van der Waals surface area contributed by atoms with E-state index in [1.807, 2.05) is 0 Å². The second-order valence-electron chi connectivity index (χ2n) is 4.15. The van der Waals surface area contributed by atoms with Crippen molar-refractivity contribution in [2.24, 2.45) is 0 Å². The van der Waals surface area contributed by atoms with Crippen LogP contribution < -0.4 is 10.6 Å². The highest BCUT2D eigenvalue weighted by atomic mass is 35.5. The molecule has 0 atom stereocenters. The zero-order chi connectivity index (χ0) is 12.3. The first-order valence-electron chi connectivity index (χ1n) is 5.63. The van der Waals surface area contributed by atoms with Gasteiger partial charge < -0.3 is 10.6 Å². The van der Waals surface area contributed by atoms with E-state index in [0.717, 1.165) is 0 Å². The summed E-state index contributed by atoms with van der Waals surface area (Å²) in [6.45, 7) is 0.642. The molecule has 2 rings (SSSR count). The number of nitrogens with one attached hydrogen (secondary N) is 2. The highest BCUT2D eigenvalue weighted by Gasteiger charge is 2.20. The summed E-state index contributed by atoms with van der Waals surface area (Å²) in [6.07, 6.45) is 2.75. The normalized spacial score (nSPS) is 14.7. The molecule has 0 aromatic heterocycles. The SMILES string of the molecule is O=C(CCNC1CC1)Nc1cc(F)ccc1Cl. The van der Waals surface area contributed by atoms with Crippen LogP contribution in [-0.2, 0) is 4.79 Å². The van der Waals surface area contributed by atoms with Crippen LogP contribution >= 0.6 is 11.6 Å². The quantitative estimate of drug-likeness (QED) is 0.850. The third-order valence-electron chi connectivity index (χ3n) is 2.56. The number of rotatable bonds is 5. The van der Waals surface area contributed by atoms with Gasteiger partial charge in [-0.3, -0.25) is 4.79 Å². The van der Waals surface area contributed by atoms with Crippen LogP contribution in [0.25, 0.3) is 0 Å². The number of anilines is 1. The lowest BCUT2D eigenvalue weighted by molar-refractivity contribution is -0.116.